The molecule has 0 N–H and O–H groups in total. The number of carbonyl (C=O) groups is 3. The van der Waals surface area contributed by atoms with Crippen molar-refractivity contribution in [1.29, 1.82) is 0 Å². The topological polar surface area (TPSA) is 60.4 Å². The molecule has 192 valence electrons. The molecule has 2 unspecified atom stereocenters. The van der Waals surface area contributed by atoms with Crippen LogP contribution in [0.15, 0.2) is 23.3 Å². The molecule has 0 spiro atoms. The fourth-order valence-electron chi connectivity index (χ4n) is 9.79. The monoisotopic (exact) mass is 480 g/mol. The minimum atomic E-state index is -0.652. The van der Waals surface area contributed by atoms with Gasteiger partial charge in [-0.25, -0.2) is 0 Å². The number of esters is 1. The molecular weight excluding hydrogens is 436 g/mol. The van der Waals surface area contributed by atoms with E-state index in [0.29, 0.717) is 12.2 Å². The summed E-state index contributed by atoms with van der Waals surface area (Å²) in [6, 6.07) is 0. The van der Waals surface area contributed by atoms with E-state index in [0.717, 1.165) is 44.9 Å². The number of ether oxygens (including phenoxy) is 1. The molecule has 35 heavy (non-hydrogen) atoms. The molecule has 5 aliphatic rings. The van der Waals surface area contributed by atoms with Gasteiger partial charge >= 0.3 is 5.97 Å². The van der Waals surface area contributed by atoms with Crippen LogP contribution in [0.3, 0.4) is 0 Å². The van der Waals surface area contributed by atoms with Crippen molar-refractivity contribution in [1.82, 2.24) is 0 Å². The van der Waals surface area contributed by atoms with Gasteiger partial charge in [0.15, 0.2) is 5.78 Å². The summed E-state index contributed by atoms with van der Waals surface area (Å²) in [5.41, 5.74) is 0.877. The van der Waals surface area contributed by atoms with Gasteiger partial charge in [0.05, 0.1) is 12.5 Å². The summed E-state index contributed by atoms with van der Waals surface area (Å²) in [5.74, 6) is 0.580. The third-order valence-corrected chi connectivity index (χ3v) is 12.4. The van der Waals surface area contributed by atoms with E-state index in [1.807, 2.05) is 13.0 Å². The number of ketones is 2. The van der Waals surface area contributed by atoms with Crippen molar-refractivity contribution in [3.05, 3.63) is 23.3 Å². The molecule has 0 aliphatic heterocycles. The predicted octanol–water partition coefficient (Wildman–Crippen LogP) is 6.63. The molecule has 0 bridgehead atoms. The Kier molecular flexibility index (Phi) is 5.13. The zero-order valence-electron chi connectivity index (χ0n) is 23.1. The van der Waals surface area contributed by atoms with Crippen molar-refractivity contribution in [3.63, 3.8) is 0 Å². The normalized spacial score (nSPS) is 48.5. The van der Waals surface area contributed by atoms with E-state index in [-0.39, 0.29) is 50.7 Å². The lowest BCUT2D eigenvalue weighted by molar-refractivity contribution is -0.182. The maximum atomic E-state index is 14.2. The SMILES string of the molecule is COC(=O)[C@]1(C)C=C2C3=CC(=O)C4[C@@]5(C)CCC(=O)C(C)(C)C5CC[C@@]4(C)[C@]3(C)CC[C@@]2(C)CC1. The van der Waals surface area contributed by atoms with Gasteiger partial charge < -0.3 is 4.74 Å². The van der Waals surface area contributed by atoms with Crippen molar-refractivity contribution < 1.29 is 19.1 Å². The van der Waals surface area contributed by atoms with Gasteiger partial charge in [0.1, 0.15) is 5.78 Å². The molecule has 7 atom stereocenters. The van der Waals surface area contributed by atoms with Crippen LogP contribution in [0.25, 0.3) is 0 Å². The van der Waals surface area contributed by atoms with Gasteiger partial charge in [0.25, 0.3) is 0 Å². The average Bonchev–Trinajstić information content (AvgIpc) is 2.78. The molecule has 5 aliphatic carbocycles. The van der Waals surface area contributed by atoms with E-state index in [2.05, 4.69) is 47.6 Å². The molecule has 4 nitrogen and oxygen atoms in total. The molecule has 3 fully saturated rings. The van der Waals surface area contributed by atoms with Crippen molar-refractivity contribution in [3.8, 4) is 0 Å². The number of methoxy groups -OCH3 is 1. The maximum Gasteiger partial charge on any atom is 0.315 e. The summed E-state index contributed by atoms with van der Waals surface area (Å²) >= 11 is 0. The molecular formula is C31H44O4. The minimum absolute atomic E-state index is 0.0112. The van der Waals surface area contributed by atoms with Crippen LogP contribution in [0, 0.1) is 44.3 Å². The summed E-state index contributed by atoms with van der Waals surface area (Å²) in [6.07, 6.45) is 11.3. The van der Waals surface area contributed by atoms with Crippen molar-refractivity contribution in [2.24, 2.45) is 44.3 Å². The first-order valence-electron chi connectivity index (χ1n) is 13.7. The lowest BCUT2D eigenvalue weighted by Gasteiger charge is -2.68. The van der Waals surface area contributed by atoms with Crippen LogP contribution in [-0.2, 0) is 19.1 Å². The fourth-order valence-corrected chi connectivity index (χ4v) is 9.79. The van der Waals surface area contributed by atoms with Gasteiger partial charge in [-0.1, -0.05) is 47.6 Å². The molecule has 0 saturated heterocycles. The van der Waals surface area contributed by atoms with Gasteiger partial charge in [0.2, 0.25) is 0 Å². The smallest absolute Gasteiger partial charge is 0.315 e. The second-order valence-corrected chi connectivity index (χ2v) is 14.4. The van der Waals surface area contributed by atoms with Crippen LogP contribution in [0.5, 0.6) is 0 Å². The molecule has 5 rings (SSSR count). The number of carbonyl (C=O) groups excluding carboxylic acids is 3. The summed E-state index contributed by atoms with van der Waals surface area (Å²) in [5, 5.41) is 0. The molecule has 0 aromatic rings. The highest BCUT2D eigenvalue weighted by atomic mass is 16.5. The van der Waals surface area contributed by atoms with Crippen LogP contribution in [0.2, 0.25) is 0 Å². The lowest BCUT2D eigenvalue weighted by Crippen LogP contribution is -2.65. The van der Waals surface area contributed by atoms with E-state index >= 15 is 0 Å². The number of allylic oxidation sites excluding steroid dienone is 3. The zero-order valence-corrected chi connectivity index (χ0v) is 23.1. The lowest BCUT2D eigenvalue weighted by atomic mass is 9.34. The molecule has 0 aromatic carbocycles. The van der Waals surface area contributed by atoms with Gasteiger partial charge in [-0.2, -0.15) is 0 Å². The zero-order chi connectivity index (χ0) is 25.8. The maximum absolute atomic E-state index is 14.2. The van der Waals surface area contributed by atoms with E-state index in [1.54, 1.807) is 0 Å². The van der Waals surface area contributed by atoms with E-state index in [4.69, 9.17) is 4.74 Å². The van der Waals surface area contributed by atoms with Gasteiger partial charge in [-0.05, 0) is 96.7 Å². The Morgan fingerprint density at radius 2 is 1.54 bits per heavy atom. The van der Waals surface area contributed by atoms with E-state index < -0.39 is 5.41 Å². The Bertz CT molecular complexity index is 1080. The standard InChI is InChI=1S/C31H44O4/c1-26(2)22-9-12-31(7)24(29(22,5)11-10-23(26)33)21(32)17-19-20-18-28(4,25(34)35-8)14-13-27(20,3)15-16-30(19,31)6/h17-18,22,24H,9-16H2,1-8H3/t22?,24?,27-,28+,29+,30-,31-/m1/s1. The number of hydrogen-bond acceptors (Lipinski definition) is 4. The van der Waals surface area contributed by atoms with Gasteiger partial charge in [-0.15, -0.1) is 0 Å². The first kappa shape index (κ1) is 25.0. The molecule has 0 radical (unpaired) electrons. The Labute approximate surface area is 211 Å². The number of fused-ring (bicyclic) bond motifs is 7. The van der Waals surface area contributed by atoms with Crippen LogP contribution < -0.4 is 0 Å². The van der Waals surface area contributed by atoms with Crippen molar-refractivity contribution >= 4 is 17.5 Å². The van der Waals surface area contributed by atoms with E-state index in [1.165, 1.54) is 18.3 Å². The number of rotatable bonds is 1. The third kappa shape index (κ3) is 2.95. The quantitative estimate of drug-likeness (QED) is 0.395. The highest BCUT2D eigenvalue weighted by molar-refractivity contribution is 5.97. The van der Waals surface area contributed by atoms with Crippen LogP contribution in [0.4, 0.5) is 0 Å². The minimum Gasteiger partial charge on any atom is -0.468 e. The van der Waals surface area contributed by atoms with Crippen LogP contribution in [0.1, 0.15) is 99.8 Å². The summed E-state index contributed by atoms with van der Waals surface area (Å²) < 4.78 is 5.20. The summed E-state index contributed by atoms with van der Waals surface area (Å²) in [7, 11) is 1.47. The summed E-state index contributed by atoms with van der Waals surface area (Å²) in [6.45, 7) is 15.6. The number of Topliss-reactive ketones (excluding diaryl/α,β-unsaturated/α-hetero) is 1. The van der Waals surface area contributed by atoms with Gasteiger partial charge in [0, 0.05) is 17.8 Å². The second-order valence-electron chi connectivity index (χ2n) is 14.4. The molecule has 0 aromatic heterocycles. The van der Waals surface area contributed by atoms with Crippen molar-refractivity contribution in [2.75, 3.05) is 7.11 Å². The van der Waals surface area contributed by atoms with E-state index in [9.17, 15) is 14.4 Å². The van der Waals surface area contributed by atoms with Crippen molar-refractivity contribution in [2.45, 2.75) is 99.8 Å². The highest BCUT2D eigenvalue weighted by Gasteiger charge is 2.69. The Morgan fingerprint density at radius 1 is 0.886 bits per heavy atom. The summed E-state index contributed by atoms with van der Waals surface area (Å²) in [4.78, 5) is 39.9. The molecule has 4 heteroatoms. The van der Waals surface area contributed by atoms with Crippen LogP contribution in [-0.4, -0.2) is 24.6 Å². The second kappa shape index (κ2) is 7.19. The first-order valence-corrected chi connectivity index (χ1v) is 13.7. The molecule has 0 amide bonds. The van der Waals surface area contributed by atoms with Gasteiger partial charge in [-0.3, -0.25) is 14.4 Å². The molecule has 3 saturated carbocycles. The van der Waals surface area contributed by atoms with Crippen LogP contribution >= 0.6 is 0 Å². The Hall–Kier alpha value is -1.71. The highest BCUT2D eigenvalue weighted by Crippen LogP contribution is 2.74. The largest absolute Gasteiger partial charge is 0.468 e. The number of hydrogen-bond donors (Lipinski definition) is 0. The Morgan fingerprint density at radius 3 is 2.20 bits per heavy atom. The molecule has 0 heterocycles. The predicted molar refractivity (Wildman–Crippen MR) is 136 cm³/mol. The third-order valence-electron chi connectivity index (χ3n) is 12.4. The fraction of sp³-hybridized carbons (Fsp3) is 0.774. The Balaban J connectivity index is 1.67. The first-order chi connectivity index (χ1) is 16.1. The average molecular weight is 481 g/mol.